The van der Waals surface area contributed by atoms with Crippen LogP contribution < -0.4 is 4.72 Å². The lowest BCUT2D eigenvalue weighted by Crippen LogP contribution is -2.50. The molecule has 0 amide bonds. The van der Waals surface area contributed by atoms with Crippen molar-refractivity contribution in [3.63, 3.8) is 0 Å². The zero-order chi connectivity index (χ0) is 22.8. The number of aliphatic hydroxyl groups excluding tert-OH is 1. The highest BCUT2D eigenvalue weighted by atomic mass is 32.2. The van der Waals surface area contributed by atoms with Crippen LogP contribution in [0.4, 0.5) is 0 Å². The fourth-order valence-electron chi connectivity index (χ4n) is 4.58. The third-order valence-electron chi connectivity index (χ3n) is 6.56. The Kier molecular flexibility index (Phi) is 6.97. The molecule has 2 aromatic rings. The molecule has 2 aliphatic rings. The second kappa shape index (κ2) is 9.56. The van der Waals surface area contributed by atoms with Crippen LogP contribution in [0.5, 0.6) is 0 Å². The van der Waals surface area contributed by atoms with Crippen LogP contribution in [0.1, 0.15) is 56.2 Å². The number of aliphatic hydroxyl groups is 2. The molecule has 1 aliphatic carbocycles. The van der Waals surface area contributed by atoms with Gasteiger partial charge in [-0.15, -0.1) is 5.10 Å². The molecule has 0 bridgehead atoms. The van der Waals surface area contributed by atoms with Crippen molar-refractivity contribution in [1.29, 1.82) is 0 Å². The monoisotopic (exact) mass is 464 g/mol. The van der Waals surface area contributed by atoms with Crippen molar-refractivity contribution in [3.05, 3.63) is 41.7 Å². The fraction of sp³-hybridized carbons (Fsp3) is 0.636. The van der Waals surface area contributed by atoms with E-state index in [0.717, 1.165) is 31.2 Å². The molecule has 2 fully saturated rings. The van der Waals surface area contributed by atoms with Gasteiger partial charge in [-0.25, -0.2) is 13.1 Å². The van der Waals surface area contributed by atoms with Gasteiger partial charge in [0.2, 0.25) is 10.0 Å². The standard InChI is InChI=1S/C22H32N4O5S/c1-16-4-7-18(8-5-16)32(29,30)24-19-9-6-17(31-20(19)15-27)10-13-26-14-21(23-25-26)22(28)11-2-3-12-22/h4-5,7-8,14,17,19-20,24,27-28H,2-3,6,9-13,15H2,1H3/t17-,19+,20+/m1/s1. The molecule has 9 nitrogen and oxygen atoms in total. The van der Waals surface area contributed by atoms with Crippen LogP contribution in [0.25, 0.3) is 0 Å². The number of aryl methyl sites for hydroxylation is 2. The highest BCUT2D eigenvalue weighted by Gasteiger charge is 2.36. The lowest BCUT2D eigenvalue weighted by atomic mass is 9.98. The Bertz CT molecular complexity index is 1000. The number of hydrogen-bond donors (Lipinski definition) is 3. The van der Waals surface area contributed by atoms with E-state index >= 15 is 0 Å². The Morgan fingerprint density at radius 1 is 1.22 bits per heavy atom. The molecule has 4 rings (SSSR count). The lowest BCUT2D eigenvalue weighted by molar-refractivity contribution is -0.0891. The number of rotatable bonds is 8. The summed E-state index contributed by atoms with van der Waals surface area (Å²) in [5.41, 5.74) is 0.750. The Morgan fingerprint density at radius 2 is 1.94 bits per heavy atom. The average Bonchev–Trinajstić information content (AvgIpc) is 3.43. The second-order valence-corrected chi connectivity index (χ2v) is 10.7. The third-order valence-corrected chi connectivity index (χ3v) is 8.07. The van der Waals surface area contributed by atoms with Crippen LogP contribution in [0, 0.1) is 6.92 Å². The summed E-state index contributed by atoms with van der Waals surface area (Å²) in [6.45, 7) is 2.21. The van der Waals surface area contributed by atoms with Gasteiger partial charge in [0.25, 0.3) is 0 Å². The number of ether oxygens (including phenoxy) is 1. The quantitative estimate of drug-likeness (QED) is 0.542. The van der Waals surface area contributed by atoms with Crippen molar-refractivity contribution in [2.24, 2.45) is 0 Å². The number of hydrogen-bond acceptors (Lipinski definition) is 7. The molecule has 2 heterocycles. The molecule has 0 unspecified atom stereocenters. The molecule has 0 spiro atoms. The first-order valence-electron chi connectivity index (χ1n) is 11.3. The number of sulfonamides is 1. The van der Waals surface area contributed by atoms with E-state index in [-0.39, 0.29) is 17.6 Å². The van der Waals surface area contributed by atoms with Gasteiger partial charge in [0, 0.05) is 6.54 Å². The molecular formula is C22H32N4O5S. The first-order valence-corrected chi connectivity index (χ1v) is 12.8. The van der Waals surface area contributed by atoms with Crippen LogP contribution in [0.2, 0.25) is 0 Å². The average molecular weight is 465 g/mol. The SMILES string of the molecule is Cc1ccc(S(=O)(=O)N[C@H]2CC[C@H](CCn3cc(C4(O)CCCC4)nn3)O[C@H]2CO)cc1. The highest BCUT2D eigenvalue weighted by Crippen LogP contribution is 2.37. The van der Waals surface area contributed by atoms with Crippen molar-refractivity contribution < 1.29 is 23.4 Å². The van der Waals surface area contributed by atoms with Gasteiger partial charge in [-0.1, -0.05) is 35.8 Å². The maximum Gasteiger partial charge on any atom is 0.240 e. The number of nitrogens with zero attached hydrogens (tertiary/aromatic N) is 3. The van der Waals surface area contributed by atoms with E-state index in [4.69, 9.17) is 4.74 Å². The zero-order valence-electron chi connectivity index (χ0n) is 18.4. The summed E-state index contributed by atoms with van der Waals surface area (Å²) in [7, 11) is -3.69. The molecule has 1 aromatic heterocycles. The highest BCUT2D eigenvalue weighted by molar-refractivity contribution is 7.89. The Hall–Kier alpha value is -1.85. The van der Waals surface area contributed by atoms with Crippen molar-refractivity contribution in [2.75, 3.05) is 6.61 Å². The Labute approximate surface area is 188 Å². The van der Waals surface area contributed by atoms with Gasteiger partial charge in [-0.3, -0.25) is 4.68 Å². The summed E-state index contributed by atoms with van der Waals surface area (Å²) in [5, 5.41) is 28.8. The molecule has 1 saturated carbocycles. The van der Waals surface area contributed by atoms with Crippen LogP contribution in [-0.4, -0.2) is 58.5 Å². The van der Waals surface area contributed by atoms with E-state index in [9.17, 15) is 18.6 Å². The largest absolute Gasteiger partial charge is 0.394 e. The second-order valence-electron chi connectivity index (χ2n) is 8.99. The van der Waals surface area contributed by atoms with Gasteiger partial charge in [0.1, 0.15) is 11.3 Å². The molecular weight excluding hydrogens is 432 g/mol. The van der Waals surface area contributed by atoms with Gasteiger partial charge in [-0.05, 0) is 51.2 Å². The molecule has 10 heteroatoms. The maximum atomic E-state index is 12.7. The predicted octanol–water partition coefficient (Wildman–Crippen LogP) is 1.63. The van der Waals surface area contributed by atoms with E-state index in [1.807, 2.05) is 6.92 Å². The molecule has 1 aromatic carbocycles. The van der Waals surface area contributed by atoms with E-state index < -0.39 is 27.8 Å². The maximum absolute atomic E-state index is 12.7. The fourth-order valence-corrected chi connectivity index (χ4v) is 5.88. The normalized spacial score (nSPS) is 25.8. The summed E-state index contributed by atoms with van der Waals surface area (Å²) in [5.74, 6) is 0. The molecule has 1 aliphatic heterocycles. The minimum absolute atomic E-state index is 0.116. The molecule has 3 atom stereocenters. The topological polar surface area (TPSA) is 127 Å². The predicted molar refractivity (Wildman–Crippen MR) is 117 cm³/mol. The van der Waals surface area contributed by atoms with E-state index in [2.05, 4.69) is 15.0 Å². The lowest BCUT2D eigenvalue weighted by Gasteiger charge is -2.36. The first kappa shape index (κ1) is 23.3. The minimum Gasteiger partial charge on any atom is -0.394 e. The van der Waals surface area contributed by atoms with E-state index in [1.54, 1.807) is 35.1 Å². The van der Waals surface area contributed by atoms with Gasteiger partial charge in [0.05, 0.1) is 35.9 Å². The van der Waals surface area contributed by atoms with Crippen molar-refractivity contribution >= 4 is 10.0 Å². The molecule has 32 heavy (non-hydrogen) atoms. The third kappa shape index (κ3) is 5.20. The van der Waals surface area contributed by atoms with Crippen molar-refractivity contribution in [1.82, 2.24) is 19.7 Å². The number of aromatic nitrogens is 3. The van der Waals surface area contributed by atoms with Crippen molar-refractivity contribution in [2.45, 2.75) is 87.2 Å². The molecule has 0 radical (unpaired) electrons. The molecule has 1 saturated heterocycles. The summed E-state index contributed by atoms with van der Waals surface area (Å²) >= 11 is 0. The molecule has 176 valence electrons. The Morgan fingerprint density at radius 3 is 2.62 bits per heavy atom. The summed E-state index contributed by atoms with van der Waals surface area (Å²) in [6.07, 6.45) is 6.41. The van der Waals surface area contributed by atoms with Crippen LogP contribution in [-0.2, 0) is 26.9 Å². The number of nitrogens with one attached hydrogen (secondary N) is 1. The van der Waals surface area contributed by atoms with Crippen LogP contribution >= 0.6 is 0 Å². The summed E-state index contributed by atoms with van der Waals surface area (Å²) < 4.78 is 35.9. The summed E-state index contributed by atoms with van der Waals surface area (Å²) in [4.78, 5) is 0.202. The Balaban J connectivity index is 1.32. The van der Waals surface area contributed by atoms with Gasteiger partial charge in [0.15, 0.2) is 0 Å². The van der Waals surface area contributed by atoms with Crippen LogP contribution in [0.15, 0.2) is 35.4 Å². The number of benzene rings is 1. The minimum atomic E-state index is -3.69. The van der Waals surface area contributed by atoms with Gasteiger partial charge < -0.3 is 14.9 Å². The smallest absolute Gasteiger partial charge is 0.240 e. The first-order chi connectivity index (χ1) is 15.3. The van der Waals surface area contributed by atoms with E-state index in [0.29, 0.717) is 31.5 Å². The summed E-state index contributed by atoms with van der Waals surface area (Å²) in [6, 6.07) is 6.18. The zero-order valence-corrected chi connectivity index (χ0v) is 19.2. The van der Waals surface area contributed by atoms with Gasteiger partial charge >= 0.3 is 0 Å². The molecule has 3 N–H and O–H groups in total. The van der Waals surface area contributed by atoms with Crippen LogP contribution in [0.3, 0.4) is 0 Å². The van der Waals surface area contributed by atoms with Crippen molar-refractivity contribution in [3.8, 4) is 0 Å². The van der Waals surface area contributed by atoms with E-state index in [1.165, 1.54) is 0 Å². The van der Waals surface area contributed by atoms with Gasteiger partial charge in [-0.2, -0.15) is 0 Å².